The second-order valence-corrected chi connectivity index (χ2v) is 3.35. The fourth-order valence-electron chi connectivity index (χ4n) is 0.934. The van der Waals surface area contributed by atoms with Gasteiger partial charge in [0.15, 0.2) is 0 Å². The predicted octanol–water partition coefficient (Wildman–Crippen LogP) is 2.94. The highest BCUT2D eigenvalue weighted by molar-refractivity contribution is 9.10. The van der Waals surface area contributed by atoms with E-state index in [1.165, 1.54) is 12.3 Å². The fraction of sp³-hybridized carbons (Fsp3) is 0. The first-order chi connectivity index (χ1) is 6.74. The summed E-state index contributed by atoms with van der Waals surface area (Å²) in [5.41, 5.74) is 0. The molecule has 0 spiro atoms. The molecule has 2 aromatic rings. The molecule has 0 radical (unpaired) electrons. The third-order valence-electron chi connectivity index (χ3n) is 1.48. The van der Waals surface area contributed by atoms with Gasteiger partial charge >= 0.3 is 6.08 Å². The van der Waals surface area contributed by atoms with E-state index in [0.29, 0.717) is 10.4 Å². The van der Waals surface area contributed by atoms with Crippen molar-refractivity contribution in [2.75, 3.05) is 0 Å². The summed E-state index contributed by atoms with van der Waals surface area (Å²) in [5, 5.41) is 9.16. The van der Waals surface area contributed by atoms with Gasteiger partial charge in [0.1, 0.15) is 22.4 Å². The van der Waals surface area contributed by atoms with Crippen LogP contribution < -0.4 is 4.74 Å². The molecule has 2 rings (SSSR count). The minimum atomic E-state index is 0.127. The number of halogens is 1. The van der Waals surface area contributed by atoms with Crippen molar-refractivity contribution in [1.82, 2.24) is 4.98 Å². The van der Waals surface area contributed by atoms with Crippen LogP contribution in [0.4, 0.5) is 0 Å². The summed E-state index contributed by atoms with van der Waals surface area (Å²) in [4.78, 5) is 3.88. The van der Waals surface area contributed by atoms with Crippen LogP contribution in [-0.4, -0.2) is 10.1 Å². The van der Waals surface area contributed by atoms with Crippen LogP contribution in [0.2, 0.25) is 0 Å². The highest BCUT2D eigenvalue weighted by Crippen LogP contribution is 2.24. The summed E-state index contributed by atoms with van der Waals surface area (Å²) < 4.78 is 10.7. The van der Waals surface area contributed by atoms with Crippen LogP contribution in [0, 0.1) is 0 Å². The fourth-order valence-corrected chi connectivity index (χ4v) is 1.17. The number of hydrogen-bond donors (Lipinski definition) is 1. The van der Waals surface area contributed by atoms with Crippen LogP contribution in [0.25, 0.3) is 0 Å². The molecule has 14 heavy (non-hydrogen) atoms. The maximum Gasteiger partial charge on any atom is 0.400 e. The van der Waals surface area contributed by atoms with Crippen LogP contribution in [0.1, 0.15) is 0 Å². The minimum Gasteiger partial charge on any atom is -0.508 e. The van der Waals surface area contributed by atoms with Crippen LogP contribution in [0.5, 0.6) is 17.6 Å². The molecular formula is C9H6BrNO3. The number of aromatic hydroxyl groups is 1. The number of nitrogens with zero attached hydrogens (tertiary/aromatic N) is 1. The maximum atomic E-state index is 9.16. The average molecular weight is 256 g/mol. The highest BCUT2D eigenvalue weighted by atomic mass is 79.9. The minimum absolute atomic E-state index is 0.127. The Hall–Kier alpha value is -1.49. The summed E-state index contributed by atoms with van der Waals surface area (Å²) in [6, 6.07) is 6.39. The molecule has 1 N–H and O–H groups in total. The largest absolute Gasteiger partial charge is 0.508 e. The van der Waals surface area contributed by atoms with Gasteiger partial charge in [-0.2, -0.15) is 4.98 Å². The molecule has 0 saturated heterocycles. The van der Waals surface area contributed by atoms with E-state index in [1.807, 2.05) is 0 Å². The maximum absolute atomic E-state index is 9.16. The molecular weight excluding hydrogens is 250 g/mol. The molecule has 0 aliphatic carbocycles. The van der Waals surface area contributed by atoms with Crippen molar-refractivity contribution in [2.45, 2.75) is 0 Å². The van der Waals surface area contributed by atoms with E-state index in [0.717, 1.165) is 0 Å². The van der Waals surface area contributed by atoms with Crippen molar-refractivity contribution >= 4 is 15.9 Å². The van der Waals surface area contributed by atoms with E-state index in [4.69, 9.17) is 14.3 Å². The van der Waals surface area contributed by atoms with Crippen LogP contribution in [-0.2, 0) is 0 Å². The second-order valence-electron chi connectivity index (χ2n) is 2.54. The van der Waals surface area contributed by atoms with Gasteiger partial charge in [0.05, 0.1) is 0 Å². The van der Waals surface area contributed by atoms with Gasteiger partial charge in [0.25, 0.3) is 0 Å². The summed E-state index contributed by atoms with van der Waals surface area (Å²) in [6.45, 7) is 0. The van der Waals surface area contributed by atoms with E-state index < -0.39 is 0 Å². The average Bonchev–Trinajstić information content (AvgIpc) is 2.51. The van der Waals surface area contributed by atoms with Crippen LogP contribution in [0.3, 0.4) is 0 Å². The molecule has 72 valence electrons. The molecule has 5 heteroatoms. The number of aromatic nitrogens is 1. The Morgan fingerprint density at radius 2 is 2.29 bits per heavy atom. The quantitative estimate of drug-likeness (QED) is 0.897. The second kappa shape index (κ2) is 3.71. The van der Waals surface area contributed by atoms with E-state index >= 15 is 0 Å². The molecule has 0 amide bonds. The first kappa shape index (κ1) is 9.08. The smallest absolute Gasteiger partial charge is 0.400 e. The number of oxazole rings is 1. The SMILES string of the molecule is Oc1cccc(Oc2nc(Br)co2)c1. The number of phenolic OH excluding ortho intramolecular Hbond substituents is 1. The third kappa shape index (κ3) is 2.05. The number of phenols is 1. The molecule has 0 aliphatic rings. The molecule has 1 heterocycles. The van der Waals surface area contributed by atoms with E-state index in [-0.39, 0.29) is 11.8 Å². The lowest BCUT2D eigenvalue weighted by Gasteiger charge is -1.99. The Balaban J connectivity index is 2.18. The molecule has 0 unspecified atom stereocenters. The van der Waals surface area contributed by atoms with Gasteiger partial charge in [-0.1, -0.05) is 6.07 Å². The van der Waals surface area contributed by atoms with Crippen molar-refractivity contribution in [1.29, 1.82) is 0 Å². The topological polar surface area (TPSA) is 55.5 Å². The molecule has 1 aromatic carbocycles. The van der Waals surface area contributed by atoms with Gasteiger partial charge < -0.3 is 14.3 Å². The molecule has 0 aliphatic heterocycles. The Morgan fingerprint density at radius 1 is 1.43 bits per heavy atom. The first-order valence-corrected chi connectivity index (χ1v) is 4.61. The van der Waals surface area contributed by atoms with E-state index in [2.05, 4.69) is 20.9 Å². The van der Waals surface area contributed by atoms with E-state index in [9.17, 15) is 0 Å². The van der Waals surface area contributed by atoms with Crippen molar-refractivity contribution in [2.24, 2.45) is 0 Å². The lowest BCUT2D eigenvalue weighted by atomic mass is 10.3. The van der Waals surface area contributed by atoms with Crippen LogP contribution in [0.15, 0.2) is 39.5 Å². The van der Waals surface area contributed by atoms with Crippen molar-refractivity contribution < 1.29 is 14.3 Å². The first-order valence-electron chi connectivity index (χ1n) is 3.82. The molecule has 0 bridgehead atoms. The normalized spacial score (nSPS) is 10.1. The zero-order valence-corrected chi connectivity index (χ0v) is 8.56. The third-order valence-corrected chi connectivity index (χ3v) is 1.84. The number of ether oxygens (including phenoxy) is 1. The Morgan fingerprint density at radius 3 is 2.93 bits per heavy atom. The number of benzene rings is 1. The van der Waals surface area contributed by atoms with Gasteiger partial charge in [0.2, 0.25) is 0 Å². The molecule has 0 saturated carbocycles. The Bertz CT molecular complexity index is 441. The lowest BCUT2D eigenvalue weighted by Crippen LogP contribution is -1.82. The van der Waals surface area contributed by atoms with Gasteiger partial charge in [-0.3, -0.25) is 0 Å². The van der Waals surface area contributed by atoms with Crippen molar-refractivity contribution in [3.05, 3.63) is 35.1 Å². The predicted molar refractivity (Wildman–Crippen MR) is 52.4 cm³/mol. The molecule has 0 fully saturated rings. The Labute approximate surface area is 88.3 Å². The monoisotopic (exact) mass is 255 g/mol. The van der Waals surface area contributed by atoms with E-state index in [1.54, 1.807) is 18.2 Å². The number of rotatable bonds is 2. The molecule has 0 atom stereocenters. The lowest BCUT2D eigenvalue weighted by molar-refractivity contribution is 0.329. The zero-order chi connectivity index (χ0) is 9.97. The van der Waals surface area contributed by atoms with Gasteiger partial charge in [0, 0.05) is 6.07 Å². The summed E-state index contributed by atoms with van der Waals surface area (Å²) in [5.74, 6) is 0.604. The summed E-state index contributed by atoms with van der Waals surface area (Å²) in [6.07, 6.45) is 1.54. The summed E-state index contributed by atoms with van der Waals surface area (Å²) >= 11 is 3.13. The number of hydrogen-bond acceptors (Lipinski definition) is 4. The van der Waals surface area contributed by atoms with Gasteiger partial charge in [-0.15, -0.1) is 0 Å². The van der Waals surface area contributed by atoms with Crippen molar-refractivity contribution in [3.63, 3.8) is 0 Å². The van der Waals surface area contributed by atoms with Gasteiger partial charge in [-0.05, 0) is 28.1 Å². The Kier molecular flexibility index (Phi) is 2.41. The zero-order valence-electron chi connectivity index (χ0n) is 6.98. The van der Waals surface area contributed by atoms with Gasteiger partial charge in [-0.25, -0.2) is 0 Å². The highest BCUT2D eigenvalue weighted by Gasteiger charge is 2.04. The molecule has 1 aromatic heterocycles. The van der Waals surface area contributed by atoms with Crippen molar-refractivity contribution in [3.8, 4) is 17.6 Å². The molecule has 4 nitrogen and oxygen atoms in total. The standard InChI is InChI=1S/C9H6BrNO3/c10-8-5-13-9(11-8)14-7-3-1-2-6(12)4-7/h1-5,12H. The summed E-state index contributed by atoms with van der Waals surface area (Å²) in [7, 11) is 0. The van der Waals surface area contributed by atoms with Crippen LogP contribution >= 0.6 is 15.9 Å².